The Morgan fingerprint density at radius 2 is 1.78 bits per heavy atom. The fourth-order valence-electron chi connectivity index (χ4n) is 1.34. The maximum absolute atomic E-state index is 12.1. The Morgan fingerprint density at radius 3 is 2.22 bits per heavy atom. The molecule has 0 aromatic heterocycles. The van der Waals surface area contributed by atoms with Gasteiger partial charge in [0.05, 0.1) is 6.04 Å². The van der Waals surface area contributed by atoms with Crippen LogP contribution in [0.1, 0.15) is 18.0 Å². The summed E-state index contributed by atoms with van der Waals surface area (Å²) in [5.41, 5.74) is 0.379. The van der Waals surface area contributed by atoms with Gasteiger partial charge in [0.25, 0.3) is 0 Å². The lowest BCUT2D eigenvalue weighted by molar-refractivity contribution is -0.174. The number of hydrogen-bond acceptors (Lipinski definition) is 2. The van der Waals surface area contributed by atoms with Crippen LogP contribution in [0, 0.1) is 0 Å². The van der Waals surface area contributed by atoms with Crippen molar-refractivity contribution in [1.82, 2.24) is 5.32 Å². The highest BCUT2D eigenvalue weighted by Gasteiger charge is 2.40. The molecule has 98 valence electrons. The first-order chi connectivity index (χ1) is 8.30. The molecule has 18 heavy (non-hydrogen) atoms. The van der Waals surface area contributed by atoms with Gasteiger partial charge in [0.2, 0.25) is 5.24 Å². The molecule has 3 nitrogen and oxygen atoms in total. The first kappa shape index (κ1) is 14.5. The molecule has 1 aromatic carbocycles. The molecule has 0 radical (unpaired) electrons. The van der Waals surface area contributed by atoms with Gasteiger partial charge >= 0.3 is 12.1 Å². The van der Waals surface area contributed by atoms with E-state index in [9.17, 15) is 22.8 Å². The van der Waals surface area contributed by atoms with Crippen molar-refractivity contribution in [2.45, 2.75) is 18.6 Å². The minimum atomic E-state index is -5.00. The largest absolute Gasteiger partial charge is 0.471 e. The highest BCUT2D eigenvalue weighted by Crippen LogP contribution is 2.21. The Bertz CT molecular complexity index is 434. The second-order valence-electron chi connectivity index (χ2n) is 3.49. The Hall–Kier alpha value is -1.56. The van der Waals surface area contributed by atoms with Crippen molar-refractivity contribution >= 4 is 22.8 Å². The van der Waals surface area contributed by atoms with Gasteiger partial charge in [-0.25, -0.2) is 0 Å². The van der Waals surface area contributed by atoms with Crippen LogP contribution in [0.2, 0.25) is 0 Å². The number of halogens is 4. The number of amides is 1. The van der Waals surface area contributed by atoms with Crippen molar-refractivity contribution in [1.29, 1.82) is 0 Å². The van der Waals surface area contributed by atoms with Crippen molar-refractivity contribution in [2.24, 2.45) is 0 Å². The van der Waals surface area contributed by atoms with Crippen LogP contribution in [0.4, 0.5) is 13.2 Å². The molecule has 0 fully saturated rings. The lowest BCUT2D eigenvalue weighted by Crippen LogP contribution is -2.39. The Labute approximate surface area is 106 Å². The molecule has 0 saturated heterocycles. The SMILES string of the molecule is O=C(Cl)C[C@H](NC(=O)C(F)(F)F)c1ccccc1. The van der Waals surface area contributed by atoms with E-state index in [0.29, 0.717) is 5.56 Å². The predicted molar refractivity (Wildman–Crippen MR) is 58.9 cm³/mol. The lowest BCUT2D eigenvalue weighted by atomic mass is 10.0. The fourth-order valence-corrected chi connectivity index (χ4v) is 1.49. The van der Waals surface area contributed by atoms with E-state index < -0.39 is 29.8 Å². The van der Waals surface area contributed by atoms with E-state index in [2.05, 4.69) is 0 Å². The first-order valence-electron chi connectivity index (χ1n) is 4.91. The monoisotopic (exact) mass is 279 g/mol. The van der Waals surface area contributed by atoms with E-state index >= 15 is 0 Å². The van der Waals surface area contributed by atoms with Crippen LogP contribution in [-0.4, -0.2) is 17.3 Å². The van der Waals surface area contributed by atoms with Crippen LogP contribution < -0.4 is 5.32 Å². The third-order valence-corrected chi connectivity index (χ3v) is 2.28. The number of nitrogens with one attached hydrogen (secondary N) is 1. The number of alkyl halides is 3. The zero-order chi connectivity index (χ0) is 13.8. The van der Waals surface area contributed by atoms with Gasteiger partial charge in [-0.2, -0.15) is 13.2 Å². The average molecular weight is 280 g/mol. The molecule has 1 N–H and O–H groups in total. The van der Waals surface area contributed by atoms with E-state index in [1.54, 1.807) is 23.5 Å². The van der Waals surface area contributed by atoms with Crippen molar-refractivity contribution in [3.8, 4) is 0 Å². The van der Waals surface area contributed by atoms with Gasteiger partial charge in [-0.05, 0) is 17.2 Å². The van der Waals surface area contributed by atoms with Gasteiger partial charge in [-0.3, -0.25) is 9.59 Å². The van der Waals surface area contributed by atoms with Gasteiger partial charge in [0.15, 0.2) is 0 Å². The molecule has 0 unspecified atom stereocenters. The molecule has 0 aliphatic carbocycles. The lowest BCUT2D eigenvalue weighted by Gasteiger charge is -2.18. The van der Waals surface area contributed by atoms with Crippen LogP contribution in [0.3, 0.4) is 0 Å². The van der Waals surface area contributed by atoms with E-state index in [-0.39, 0.29) is 0 Å². The summed E-state index contributed by atoms with van der Waals surface area (Å²) in [6.07, 6.45) is -5.41. The second kappa shape index (κ2) is 5.86. The van der Waals surface area contributed by atoms with Crippen LogP contribution >= 0.6 is 11.6 Å². The standard InChI is InChI=1S/C11H9ClF3NO2/c12-9(17)6-8(7-4-2-1-3-5-7)16-10(18)11(13,14)15/h1-5,8H,6H2,(H,16,18)/t8-/m0/s1. The molecule has 1 aromatic rings. The van der Waals surface area contributed by atoms with Crippen LogP contribution in [0.25, 0.3) is 0 Å². The Balaban J connectivity index is 2.87. The van der Waals surface area contributed by atoms with Crippen LogP contribution in [-0.2, 0) is 9.59 Å². The summed E-state index contributed by atoms with van der Waals surface area (Å²) in [7, 11) is 0. The van der Waals surface area contributed by atoms with Gasteiger partial charge in [-0.1, -0.05) is 30.3 Å². The molecule has 1 amide bonds. The Morgan fingerprint density at radius 1 is 1.22 bits per heavy atom. The second-order valence-corrected chi connectivity index (χ2v) is 3.92. The number of rotatable bonds is 4. The summed E-state index contributed by atoms with van der Waals surface area (Å²) in [6, 6.07) is 6.74. The number of benzene rings is 1. The molecule has 0 aliphatic rings. The van der Waals surface area contributed by atoms with Crippen LogP contribution in [0.5, 0.6) is 0 Å². The molecule has 0 saturated carbocycles. The molecule has 0 heterocycles. The van der Waals surface area contributed by atoms with E-state index in [0.717, 1.165) is 0 Å². The summed E-state index contributed by atoms with van der Waals surface area (Å²) in [5.74, 6) is -2.10. The van der Waals surface area contributed by atoms with Gasteiger partial charge < -0.3 is 5.32 Å². The third-order valence-electron chi connectivity index (χ3n) is 2.13. The minimum absolute atomic E-state index is 0.379. The smallest absolute Gasteiger partial charge is 0.341 e. The molecular formula is C11H9ClF3NO2. The third kappa shape index (κ3) is 4.37. The summed E-state index contributed by atoms with van der Waals surface area (Å²) < 4.78 is 36.4. The zero-order valence-corrected chi connectivity index (χ0v) is 9.76. The fraction of sp³-hybridized carbons (Fsp3) is 0.273. The molecule has 1 atom stereocenters. The van der Waals surface area contributed by atoms with Crippen molar-refractivity contribution in [3.05, 3.63) is 35.9 Å². The van der Waals surface area contributed by atoms with Gasteiger partial charge in [0, 0.05) is 6.42 Å². The summed E-state index contributed by atoms with van der Waals surface area (Å²) >= 11 is 5.15. The van der Waals surface area contributed by atoms with Gasteiger partial charge in [-0.15, -0.1) is 0 Å². The molecule has 0 spiro atoms. The highest BCUT2D eigenvalue weighted by molar-refractivity contribution is 6.63. The molecule has 7 heteroatoms. The van der Waals surface area contributed by atoms with Crippen molar-refractivity contribution in [2.75, 3.05) is 0 Å². The average Bonchev–Trinajstić information content (AvgIpc) is 2.27. The maximum Gasteiger partial charge on any atom is 0.471 e. The van der Waals surface area contributed by atoms with Crippen molar-refractivity contribution < 1.29 is 22.8 Å². The normalized spacial score (nSPS) is 12.9. The maximum atomic E-state index is 12.1. The zero-order valence-electron chi connectivity index (χ0n) is 9.00. The summed E-state index contributed by atoms with van der Waals surface area (Å²) in [6.45, 7) is 0. The first-order valence-corrected chi connectivity index (χ1v) is 5.29. The van der Waals surface area contributed by atoms with Crippen LogP contribution in [0.15, 0.2) is 30.3 Å². The molecular weight excluding hydrogens is 271 g/mol. The topological polar surface area (TPSA) is 46.2 Å². The molecule has 0 aliphatic heterocycles. The quantitative estimate of drug-likeness (QED) is 0.861. The Kier molecular flexibility index (Phi) is 4.72. The molecule has 1 rings (SSSR count). The summed E-state index contributed by atoms with van der Waals surface area (Å²) in [5, 5.41) is 0.908. The predicted octanol–water partition coefficient (Wildman–Crippen LogP) is 2.56. The van der Waals surface area contributed by atoms with Gasteiger partial charge in [0.1, 0.15) is 0 Å². The van der Waals surface area contributed by atoms with Crippen molar-refractivity contribution in [3.63, 3.8) is 0 Å². The number of hydrogen-bond donors (Lipinski definition) is 1. The minimum Gasteiger partial charge on any atom is -0.341 e. The number of carbonyl (C=O) groups is 2. The highest BCUT2D eigenvalue weighted by atomic mass is 35.5. The number of carbonyl (C=O) groups excluding carboxylic acids is 2. The molecule has 0 bridgehead atoms. The van der Waals surface area contributed by atoms with E-state index in [1.807, 2.05) is 0 Å². The van der Waals surface area contributed by atoms with E-state index in [4.69, 9.17) is 11.6 Å². The van der Waals surface area contributed by atoms with E-state index in [1.165, 1.54) is 12.1 Å². The summed E-state index contributed by atoms with van der Waals surface area (Å²) in [4.78, 5) is 21.6.